The van der Waals surface area contributed by atoms with Crippen molar-refractivity contribution in [1.29, 1.82) is 0 Å². The van der Waals surface area contributed by atoms with Crippen LogP contribution in [0.25, 0.3) is 12.2 Å². The minimum atomic E-state index is -0.569. The monoisotopic (exact) mass is 480 g/mol. The zero-order valence-electron chi connectivity index (χ0n) is 20.0. The van der Waals surface area contributed by atoms with Crippen LogP contribution in [0.5, 0.6) is 11.5 Å². The van der Waals surface area contributed by atoms with Crippen molar-refractivity contribution in [1.82, 2.24) is 0 Å². The number of esters is 2. The lowest BCUT2D eigenvalue weighted by Gasteiger charge is -2.08. The number of aliphatic hydroxyl groups excluding tert-OH is 1. The summed E-state index contributed by atoms with van der Waals surface area (Å²) in [5, 5.41) is 8.81. The summed E-state index contributed by atoms with van der Waals surface area (Å²) < 4.78 is 21.2. The Labute approximate surface area is 206 Å². The van der Waals surface area contributed by atoms with E-state index in [9.17, 15) is 9.59 Å². The first kappa shape index (κ1) is 27.4. The minimum Gasteiger partial charge on any atom is -0.494 e. The smallest absolute Gasteiger partial charge is 0.335 e. The predicted octanol–water partition coefficient (Wildman–Crippen LogP) is 4.61. The molecule has 2 aromatic carbocycles. The molecule has 0 fully saturated rings. The SMILES string of the molecule is C=C(C)C(=O)OCCOc1ccc(/C=C/c2ccc(OCCCCOC(=O)C(=C)CO)cc2)cc1. The average Bonchev–Trinajstić information content (AvgIpc) is 2.87. The van der Waals surface area contributed by atoms with Crippen molar-refractivity contribution in [2.45, 2.75) is 19.8 Å². The quantitative estimate of drug-likeness (QED) is 0.172. The molecule has 0 heterocycles. The molecular formula is C28H32O7. The zero-order valence-corrected chi connectivity index (χ0v) is 20.0. The van der Waals surface area contributed by atoms with Crippen LogP contribution in [0, 0.1) is 0 Å². The van der Waals surface area contributed by atoms with Crippen LogP contribution in [0.3, 0.4) is 0 Å². The molecule has 0 saturated carbocycles. The van der Waals surface area contributed by atoms with Crippen LogP contribution in [0.15, 0.2) is 72.8 Å². The van der Waals surface area contributed by atoms with Crippen molar-refractivity contribution >= 4 is 24.1 Å². The van der Waals surface area contributed by atoms with Gasteiger partial charge in [0.2, 0.25) is 0 Å². The first-order chi connectivity index (χ1) is 16.9. The van der Waals surface area contributed by atoms with Gasteiger partial charge in [0.05, 0.1) is 25.4 Å². The van der Waals surface area contributed by atoms with Crippen LogP contribution >= 0.6 is 0 Å². The molecule has 2 rings (SSSR count). The number of benzene rings is 2. The molecule has 0 aromatic heterocycles. The van der Waals surface area contributed by atoms with Crippen LogP contribution in [0.1, 0.15) is 30.9 Å². The molecule has 7 nitrogen and oxygen atoms in total. The normalized spacial score (nSPS) is 10.6. The first-order valence-corrected chi connectivity index (χ1v) is 11.3. The van der Waals surface area contributed by atoms with E-state index < -0.39 is 18.5 Å². The van der Waals surface area contributed by atoms with E-state index in [1.807, 2.05) is 60.7 Å². The second kappa shape index (κ2) is 15.1. The Balaban J connectivity index is 1.67. The molecule has 0 unspecified atom stereocenters. The maximum Gasteiger partial charge on any atom is 0.335 e. The van der Waals surface area contributed by atoms with E-state index in [0.717, 1.165) is 23.3 Å². The van der Waals surface area contributed by atoms with Gasteiger partial charge in [-0.25, -0.2) is 9.59 Å². The molecule has 7 heteroatoms. The Morgan fingerprint density at radius 3 is 1.74 bits per heavy atom. The summed E-state index contributed by atoms with van der Waals surface area (Å²) >= 11 is 0. The predicted molar refractivity (Wildman–Crippen MR) is 135 cm³/mol. The van der Waals surface area contributed by atoms with Gasteiger partial charge in [-0.3, -0.25) is 0 Å². The summed E-state index contributed by atoms with van der Waals surface area (Å²) in [5.74, 6) is 0.475. The molecule has 2 aromatic rings. The van der Waals surface area contributed by atoms with Gasteiger partial charge in [-0.15, -0.1) is 0 Å². The molecule has 0 spiro atoms. The van der Waals surface area contributed by atoms with Gasteiger partial charge in [0, 0.05) is 5.57 Å². The molecule has 0 aliphatic heterocycles. The number of hydrogen-bond donors (Lipinski definition) is 1. The molecular weight excluding hydrogens is 448 g/mol. The fraction of sp³-hybridized carbons (Fsp3) is 0.286. The Morgan fingerprint density at radius 1 is 0.743 bits per heavy atom. The average molecular weight is 481 g/mol. The summed E-state index contributed by atoms with van der Waals surface area (Å²) in [6.45, 7) is 9.37. The third kappa shape index (κ3) is 10.8. The zero-order chi connectivity index (χ0) is 25.5. The Hall–Kier alpha value is -3.84. The second-order valence-electron chi connectivity index (χ2n) is 7.69. The van der Waals surface area contributed by atoms with E-state index in [4.69, 9.17) is 24.1 Å². The molecule has 0 aliphatic rings. The van der Waals surface area contributed by atoms with Gasteiger partial charge in [0.15, 0.2) is 0 Å². The third-order valence-electron chi connectivity index (χ3n) is 4.68. The fourth-order valence-electron chi connectivity index (χ4n) is 2.69. The lowest BCUT2D eigenvalue weighted by Crippen LogP contribution is -2.12. The molecule has 0 atom stereocenters. The molecule has 0 radical (unpaired) electrons. The van der Waals surface area contributed by atoms with E-state index in [1.54, 1.807) is 6.92 Å². The van der Waals surface area contributed by atoms with Crippen molar-refractivity contribution in [3.05, 3.63) is 84.0 Å². The lowest BCUT2D eigenvalue weighted by atomic mass is 10.1. The van der Waals surface area contributed by atoms with Crippen molar-refractivity contribution in [3.8, 4) is 11.5 Å². The standard InChI is InChI=1S/C28H32O7/c1-21(2)27(30)35-19-18-33-26-14-10-24(11-15-26)7-6-23-8-12-25(13-9-23)32-16-4-5-17-34-28(31)22(3)20-29/h6-15,29H,1,3-5,16-20H2,2H3/b7-6+. The van der Waals surface area contributed by atoms with Crippen molar-refractivity contribution in [3.63, 3.8) is 0 Å². The number of carbonyl (C=O) groups is 2. The van der Waals surface area contributed by atoms with Gasteiger partial charge in [-0.05, 0) is 55.2 Å². The Morgan fingerprint density at radius 2 is 1.23 bits per heavy atom. The summed E-state index contributed by atoms with van der Waals surface area (Å²) in [6, 6.07) is 15.4. The van der Waals surface area contributed by atoms with E-state index in [0.29, 0.717) is 24.4 Å². The van der Waals surface area contributed by atoms with Crippen LogP contribution in [-0.4, -0.2) is 50.1 Å². The Bertz CT molecular complexity index is 1000. The molecule has 186 valence electrons. The number of aliphatic hydroxyl groups is 1. The lowest BCUT2D eigenvalue weighted by molar-refractivity contribution is -0.140. The highest BCUT2D eigenvalue weighted by Gasteiger charge is 2.06. The number of hydrogen-bond acceptors (Lipinski definition) is 7. The van der Waals surface area contributed by atoms with Crippen molar-refractivity contribution in [2.24, 2.45) is 0 Å². The van der Waals surface area contributed by atoms with Gasteiger partial charge >= 0.3 is 11.9 Å². The van der Waals surface area contributed by atoms with Crippen molar-refractivity contribution < 1.29 is 33.6 Å². The van der Waals surface area contributed by atoms with Gasteiger partial charge in [0.25, 0.3) is 0 Å². The summed E-state index contributed by atoms with van der Waals surface area (Å²) in [7, 11) is 0. The van der Waals surface area contributed by atoms with Crippen molar-refractivity contribution in [2.75, 3.05) is 33.0 Å². The summed E-state index contributed by atoms with van der Waals surface area (Å²) in [4.78, 5) is 22.7. The highest BCUT2D eigenvalue weighted by Crippen LogP contribution is 2.17. The maximum atomic E-state index is 11.4. The van der Waals surface area contributed by atoms with E-state index >= 15 is 0 Å². The first-order valence-electron chi connectivity index (χ1n) is 11.3. The molecule has 1 N–H and O–H groups in total. The van der Waals surface area contributed by atoms with Gasteiger partial charge in [0.1, 0.15) is 24.7 Å². The topological polar surface area (TPSA) is 91.3 Å². The molecule has 35 heavy (non-hydrogen) atoms. The number of carbonyl (C=O) groups excluding carboxylic acids is 2. The highest BCUT2D eigenvalue weighted by atomic mass is 16.6. The van der Waals surface area contributed by atoms with E-state index in [2.05, 4.69) is 13.2 Å². The number of unbranched alkanes of at least 4 members (excludes halogenated alkanes) is 1. The van der Waals surface area contributed by atoms with Gasteiger partial charge in [-0.2, -0.15) is 0 Å². The fourth-order valence-corrected chi connectivity index (χ4v) is 2.69. The van der Waals surface area contributed by atoms with Crippen LogP contribution < -0.4 is 9.47 Å². The molecule has 0 amide bonds. The van der Waals surface area contributed by atoms with E-state index in [1.165, 1.54) is 0 Å². The van der Waals surface area contributed by atoms with E-state index in [-0.39, 0.29) is 25.4 Å². The van der Waals surface area contributed by atoms with Crippen LogP contribution in [0.2, 0.25) is 0 Å². The molecule has 0 saturated heterocycles. The third-order valence-corrected chi connectivity index (χ3v) is 4.68. The van der Waals surface area contributed by atoms with Crippen LogP contribution in [-0.2, 0) is 19.1 Å². The Kier molecular flexibility index (Phi) is 11.9. The largest absolute Gasteiger partial charge is 0.494 e. The summed E-state index contributed by atoms with van der Waals surface area (Å²) in [5.41, 5.74) is 2.47. The highest BCUT2D eigenvalue weighted by molar-refractivity contribution is 5.88. The minimum absolute atomic E-state index is 0.0529. The summed E-state index contributed by atoms with van der Waals surface area (Å²) in [6.07, 6.45) is 5.41. The van der Waals surface area contributed by atoms with Crippen LogP contribution in [0.4, 0.5) is 0 Å². The van der Waals surface area contributed by atoms with Gasteiger partial charge in [-0.1, -0.05) is 49.6 Å². The second-order valence-corrected chi connectivity index (χ2v) is 7.69. The number of rotatable bonds is 15. The van der Waals surface area contributed by atoms with Gasteiger partial charge < -0.3 is 24.1 Å². The molecule has 0 aliphatic carbocycles. The number of ether oxygens (including phenoxy) is 4. The maximum absolute atomic E-state index is 11.4. The molecule has 0 bridgehead atoms.